The first-order chi connectivity index (χ1) is 8.82. The van der Waals surface area contributed by atoms with Crippen LogP contribution in [0.4, 0.5) is 11.4 Å². The van der Waals surface area contributed by atoms with Gasteiger partial charge in [0.15, 0.2) is 0 Å². The van der Waals surface area contributed by atoms with Crippen molar-refractivity contribution in [3.8, 4) is 0 Å². The molecule has 2 rings (SSSR count). The molecule has 0 bridgehead atoms. The summed E-state index contributed by atoms with van der Waals surface area (Å²) in [6, 6.07) is 4.72. The topological polar surface area (TPSA) is 110 Å². The Morgan fingerprint density at radius 2 is 2.21 bits per heavy atom. The lowest BCUT2D eigenvalue weighted by Gasteiger charge is -2.21. The van der Waals surface area contributed by atoms with E-state index in [0.29, 0.717) is 18.7 Å². The van der Waals surface area contributed by atoms with Gasteiger partial charge in [-0.05, 0) is 25.0 Å². The van der Waals surface area contributed by atoms with Gasteiger partial charge in [0.2, 0.25) is 0 Å². The molecule has 0 amide bonds. The number of nitro benzene ring substituents is 1. The molecule has 3 N–H and O–H groups in total. The Balaban J connectivity index is 2.29. The normalized spacial score (nSPS) is 22.5. The number of carboxylic acid groups (broad SMARTS) is 1. The molecular weight excluding hydrogens is 250 g/mol. The van der Waals surface area contributed by atoms with Crippen LogP contribution in [0.2, 0.25) is 0 Å². The summed E-state index contributed by atoms with van der Waals surface area (Å²) in [5.41, 5.74) is 5.91. The number of nitro groups is 1. The first-order valence-electron chi connectivity index (χ1n) is 5.85. The lowest BCUT2D eigenvalue weighted by atomic mass is 10.0. The molecule has 0 radical (unpaired) electrons. The molecule has 1 aliphatic heterocycles. The summed E-state index contributed by atoms with van der Waals surface area (Å²) in [5.74, 6) is -1.04. The number of hydrogen-bond donors (Lipinski definition) is 2. The van der Waals surface area contributed by atoms with E-state index in [1.807, 2.05) is 0 Å². The highest BCUT2D eigenvalue weighted by molar-refractivity contribution is 5.80. The number of rotatable bonds is 3. The predicted molar refractivity (Wildman–Crippen MR) is 69.2 cm³/mol. The maximum absolute atomic E-state index is 11.1. The average Bonchev–Trinajstić information content (AvgIpc) is 2.72. The number of nitrogens with two attached hydrogens (primary N) is 1. The van der Waals surface area contributed by atoms with Crippen LogP contribution in [0.5, 0.6) is 0 Å². The van der Waals surface area contributed by atoms with Gasteiger partial charge in [0.05, 0.1) is 4.92 Å². The van der Waals surface area contributed by atoms with Crippen molar-refractivity contribution in [3.63, 3.8) is 0 Å². The Labute approximate surface area is 109 Å². The maximum atomic E-state index is 11.1. The minimum atomic E-state index is -1.28. The van der Waals surface area contributed by atoms with Crippen molar-refractivity contribution >= 4 is 17.3 Å². The van der Waals surface area contributed by atoms with Crippen LogP contribution >= 0.6 is 0 Å². The Hall–Kier alpha value is -2.15. The zero-order chi connectivity index (χ0) is 14.2. The van der Waals surface area contributed by atoms with E-state index in [2.05, 4.69) is 0 Å². The van der Waals surface area contributed by atoms with Crippen LogP contribution < -0.4 is 10.6 Å². The van der Waals surface area contributed by atoms with Gasteiger partial charge in [-0.1, -0.05) is 0 Å². The van der Waals surface area contributed by atoms with E-state index in [0.717, 1.165) is 5.56 Å². The van der Waals surface area contributed by atoms with Crippen LogP contribution in [0.25, 0.3) is 0 Å². The fourth-order valence-corrected chi connectivity index (χ4v) is 2.26. The van der Waals surface area contributed by atoms with Crippen LogP contribution in [0, 0.1) is 17.0 Å². The van der Waals surface area contributed by atoms with Crippen molar-refractivity contribution < 1.29 is 14.8 Å². The van der Waals surface area contributed by atoms with Gasteiger partial charge in [-0.2, -0.15) is 0 Å². The predicted octanol–water partition coefficient (Wildman–Crippen LogP) is 0.895. The Morgan fingerprint density at radius 1 is 1.53 bits per heavy atom. The second-order valence-electron chi connectivity index (χ2n) is 4.92. The largest absolute Gasteiger partial charge is 0.480 e. The zero-order valence-electron chi connectivity index (χ0n) is 10.5. The first-order valence-corrected chi connectivity index (χ1v) is 5.85. The van der Waals surface area contributed by atoms with Gasteiger partial charge in [-0.15, -0.1) is 0 Å². The fourth-order valence-electron chi connectivity index (χ4n) is 2.26. The monoisotopic (exact) mass is 265 g/mol. The molecule has 19 heavy (non-hydrogen) atoms. The summed E-state index contributed by atoms with van der Waals surface area (Å²) in [6.45, 7) is 2.39. The SMILES string of the molecule is Cc1cc(N2CCC(N)(C(=O)O)C2)cc([N+](=O)[O-])c1. The van der Waals surface area contributed by atoms with E-state index < -0.39 is 16.4 Å². The van der Waals surface area contributed by atoms with Crippen LogP contribution in [-0.2, 0) is 4.79 Å². The van der Waals surface area contributed by atoms with Crippen LogP contribution in [0.1, 0.15) is 12.0 Å². The van der Waals surface area contributed by atoms with Crippen LogP contribution in [-0.4, -0.2) is 34.6 Å². The number of anilines is 1. The molecule has 0 saturated carbocycles. The van der Waals surface area contributed by atoms with E-state index in [4.69, 9.17) is 10.8 Å². The van der Waals surface area contributed by atoms with Crippen molar-refractivity contribution in [3.05, 3.63) is 33.9 Å². The molecule has 1 fully saturated rings. The average molecular weight is 265 g/mol. The standard InChI is InChI=1S/C12H15N3O4/c1-8-4-9(6-10(5-8)15(18)19)14-3-2-12(13,7-14)11(16)17/h4-6H,2-3,7,13H2,1H3,(H,16,17). The van der Waals surface area contributed by atoms with Crippen molar-refractivity contribution in [2.75, 3.05) is 18.0 Å². The van der Waals surface area contributed by atoms with E-state index in [9.17, 15) is 14.9 Å². The lowest BCUT2D eigenvalue weighted by Crippen LogP contribution is -2.50. The summed E-state index contributed by atoms with van der Waals surface area (Å²) < 4.78 is 0. The van der Waals surface area contributed by atoms with Gasteiger partial charge in [0.25, 0.3) is 5.69 Å². The molecule has 1 saturated heterocycles. The van der Waals surface area contributed by atoms with Gasteiger partial charge < -0.3 is 15.7 Å². The quantitative estimate of drug-likeness (QED) is 0.620. The Bertz CT molecular complexity index is 546. The minimum absolute atomic E-state index is 0.000142. The molecule has 1 aromatic rings. The fraction of sp³-hybridized carbons (Fsp3) is 0.417. The van der Waals surface area contributed by atoms with Gasteiger partial charge in [-0.25, -0.2) is 0 Å². The molecule has 0 spiro atoms. The Kier molecular flexibility index (Phi) is 3.15. The third-order valence-electron chi connectivity index (χ3n) is 3.35. The van der Waals surface area contributed by atoms with Crippen LogP contribution in [0.3, 0.4) is 0 Å². The molecule has 7 nitrogen and oxygen atoms in total. The zero-order valence-corrected chi connectivity index (χ0v) is 10.5. The second kappa shape index (κ2) is 4.51. The third kappa shape index (κ3) is 2.50. The van der Waals surface area contributed by atoms with Gasteiger partial charge in [0.1, 0.15) is 5.54 Å². The second-order valence-corrected chi connectivity index (χ2v) is 4.92. The summed E-state index contributed by atoms with van der Waals surface area (Å²) in [5, 5.41) is 19.9. The lowest BCUT2D eigenvalue weighted by molar-refractivity contribution is -0.384. The smallest absolute Gasteiger partial charge is 0.325 e. The first kappa shape index (κ1) is 13.3. The maximum Gasteiger partial charge on any atom is 0.325 e. The highest BCUT2D eigenvalue weighted by atomic mass is 16.6. The Morgan fingerprint density at radius 3 is 2.74 bits per heavy atom. The molecule has 7 heteroatoms. The number of carboxylic acids is 1. The summed E-state index contributed by atoms with van der Waals surface area (Å²) in [4.78, 5) is 23.2. The molecule has 1 unspecified atom stereocenters. The van der Waals surface area contributed by atoms with Crippen molar-refractivity contribution in [1.29, 1.82) is 0 Å². The summed E-state index contributed by atoms with van der Waals surface area (Å²) in [7, 11) is 0. The summed E-state index contributed by atoms with van der Waals surface area (Å²) in [6.07, 6.45) is 0.323. The van der Waals surface area contributed by atoms with E-state index in [-0.39, 0.29) is 12.2 Å². The minimum Gasteiger partial charge on any atom is -0.480 e. The van der Waals surface area contributed by atoms with E-state index >= 15 is 0 Å². The van der Waals surface area contributed by atoms with Gasteiger partial charge in [0, 0.05) is 30.9 Å². The molecule has 1 aromatic carbocycles. The molecule has 0 aliphatic carbocycles. The van der Waals surface area contributed by atoms with Crippen molar-refractivity contribution in [2.45, 2.75) is 18.9 Å². The molecule has 1 aliphatic rings. The highest BCUT2D eigenvalue weighted by Crippen LogP contribution is 2.29. The number of carbonyl (C=O) groups is 1. The molecule has 1 heterocycles. The van der Waals surface area contributed by atoms with E-state index in [1.165, 1.54) is 12.1 Å². The molecule has 1 atom stereocenters. The van der Waals surface area contributed by atoms with Crippen molar-refractivity contribution in [1.82, 2.24) is 0 Å². The van der Waals surface area contributed by atoms with Gasteiger partial charge >= 0.3 is 5.97 Å². The van der Waals surface area contributed by atoms with Crippen molar-refractivity contribution in [2.24, 2.45) is 5.73 Å². The van der Waals surface area contributed by atoms with Crippen LogP contribution in [0.15, 0.2) is 18.2 Å². The van der Waals surface area contributed by atoms with E-state index in [1.54, 1.807) is 17.9 Å². The summed E-state index contributed by atoms with van der Waals surface area (Å²) >= 11 is 0. The number of aryl methyl sites for hydroxylation is 1. The number of non-ortho nitro benzene ring substituents is 1. The molecule has 102 valence electrons. The third-order valence-corrected chi connectivity index (χ3v) is 3.35. The number of benzene rings is 1. The number of aliphatic carboxylic acids is 1. The number of nitrogens with zero attached hydrogens (tertiary/aromatic N) is 2. The van der Waals surface area contributed by atoms with Gasteiger partial charge in [-0.3, -0.25) is 14.9 Å². The number of hydrogen-bond acceptors (Lipinski definition) is 5. The molecule has 0 aromatic heterocycles. The molecular formula is C12H15N3O4. The highest BCUT2D eigenvalue weighted by Gasteiger charge is 2.41.